The van der Waals surface area contributed by atoms with Crippen molar-refractivity contribution in [2.45, 2.75) is 13.3 Å². The third-order valence-electron chi connectivity index (χ3n) is 2.41. The molecule has 0 saturated heterocycles. The van der Waals surface area contributed by atoms with Crippen LogP contribution in [0.4, 0.5) is 11.4 Å². The van der Waals surface area contributed by atoms with Gasteiger partial charge in [0.2, 0.25) is 0 Å². The maximum atomic E-state index is 10.9. The van der Waals surface area contributed by atoms with Gasteiger partial charge in [-0.25, -0.2) is 4.79 Å². The lowest BCUT2D eigenvalue weighted by molar-refractivity contribution is -0.385. The number of rotatable bonds is 5. The Morgan fingerprint density at radius 2 is 2.28 bits per heavy atom. The number of hydrogen-bond acceptors (Lipinski definition) is 4. The first-order valence-electron chi connectivity index (χ1n) is 5.17. The molecule has 6 nitrogen and oxygen atoms in total. The minimum absolute atomic E-state index is 0.129. The van der Waals surface area contributed by atoms with Gasteiger partial charge in [-0.1, -0.05) is 0 Å². The number of carboxylic acids is 1. The SMILES string of the molecule is C#CCCNc1cc(C(=O)O)cc([N+](=O)[O-])c1C. The van der Waals surface area contributed by atoms with Gasteiger partial charge in [0.05, 0.1) is 10.5 Å². The summed E-state index contributed by atoms with van der Waals surface area (Å²) in [5.74, 6) is 1.21. The second-order valence-corrected chi connectivity index (χ2v) is 3.61. The molecule has 0 bridgehead atoms. The standard InChI is InChI=1S/C12H12N2O4/c1-3-4-5-13-10-6-9(12(15)16)7-11(8(10)2)14(17)18/h1,6-7,13H,4-5H2,2H3,(H,15,16). The normalized spacial score (nSPS) is 9.56. The van der Waals surface area contributed by atoms with E-state index in [4.69, 9.17) is 11.5 Å². The fourth-order valence-electron chi connectivity index (χ4n) is 1.47. The summed E-state index contributed by atoms with van der Waals surface area (Å²) < 4.78 is 0. The number of nitrogens with zero attached hydrogens (tertiary/aromatic N) is 1. The van der Waals surface area contributed by atoms with E-state index in [0.717, 1.165) is 6.07 Å². The van der Waals surface area contributed by atoms with Crippen LogP contribution in [0.3, 0.4) is 0 Å². The Kier molecular flexibility index (Phi) is 4.27. The Bertz CT molecular complexity index is 532. The maximum Gasteiger partial charge on any atom is 0.336 e. The molecule has 0 aliphatic carbocycles. The average molecular weight is 248 g/mol. The molecule has 1 aromatic rings. The van der Waals surface area contributed by atoms with Gasteiger partial charge in [0.25, 0.3) is 5.69 Å². The monoisotopic (exact) mass is 248 g/mol. The maximum absolute atomic E-state index is 10.9. The number of carboxylic acid groups (broad SMARTS) is 1. The molecule has 6 heteroatoms. The zero-order valence-electron chi connectivity index (χ0n) is 9.77. The summed E-state index contributed by atoms with van der Waals surface area (Å²) in [6.45, 7) is 1.99. The lowest BCUT2D eigenvalue weighted by atomic mass is 10.1. The van der Waals surface area contributed by atoms with Crippen molar-refractivity contribution in [1.82, 2.24) is 0 Å². The topological polar surface area (TPSA) is 92.5 Å². The fraction of sp³-hybridized carbons (Fsp3) is 0.250. The third-order valence-corrected chi connectivity index (χ3v) is 2.41. The number of terminal acetylenes is 1. The third kappa shape index (κ3) is 2.98. The van der Waals surface area contributed by atoms with Crippen LogP contribution in [0.5, 0.6) is 0 Å². The highest BCUT2D eigenvalue weighted by Gasteiger charge is 2.18. The lowest BCUT2D eigenvalue weighted by Gasteiger charge is -2.09. The van der Waals surface area contributed by atoms with E-state index in [1.165, 1.54) is 6.07 Å². The summed E-state index contributed by atoms with van der Waals surface area (Å²) in [6, 6.07) is 2.41. The Morgan fingerprint density at radius 1 is 1.61 bits per heavy atom. The number of nitrogens with one attached hydrogen (secondary N) is 1. The van der Waals surface area contributed by atoms with E-state index in [-0.39, 0.29) is 11.3 Å². The molecule has 1 aromatic carbocycles. The summed E-state index contributed by atoms with van der Waals surface area (Å²) in [7, 11) is 0. The van der Waals surface area contributed by atoms with Crippen molar-refractivity contribution in [1.29, 1.82) is 0 Å². The van der Waals surface area contributed by atoms with E-state index in [0.29, 0.717) is 24.2 Å². The Hall–Kier alpha value is -2.55. The summed E-state index contributed by atoms with van der Waals surface area (Å²) in [6.07, 6.45) is 5.54. The highest BCUT2D eigenvalue weighted by molar-refractivity contribution is 5.90. The predicted molar refractivity (Wildman–Crippen MR) is 66.7 cm³/mol. The van der Waals surface area contributed by atoms with Gasteiger partial charge in [-0.15, -0.1) is 12.3 Å². The Balaban J connectivity index is 3.19. The molecule has 0 amide bonds. The first kappa shape index (κ1) is 13.5. The molecule has 0 atom stereocenters. The molecule has 0 unspecified atom stereocenters. The molecule has 0 aliphatic rings. The van der Waals surface area contributed by atoms with Gasteiger partial charge in [0.15, 0.2) is 0 Å². The molecule has 18 heavy (non-hydrogen) atoms. The number of aromatic carboxylic acids is 1. The van der Waals surface area contributed by atoms with E-state index in [1.54, 1.807) is 6.92 Å². The number of anilines is 1. The number of nitro benzene ring substituents is 1. The second-order valence-electron chi connectivity index (χ2n) is 3.61. The molecule has 0 radical (unpaired) electrons. The molecule has 94 valence electrons. The summed E-state index contributed by atoms with van der Waals surface area (Å²) in [4.78, 5) is 21.1. The van der Waals surface area contributed by atoms with E-state index < -0.39 is 10.9 Å². The summed E-state index contributed by atoms with van der Waals surface area (Å²) >= 11 is 0. The van der Waals surface area contributed by atoms with Gasteiger partial charge in [0, 0.05) is 30.3 Å². The number of benzene rings is 1. The van der Waals surface area contributed by atoms with Crippen LogP contribution in [-0.4, -0.2) is 22.5 Å². The van der Waals surface area contributed by atoms with Gasteiger partial charge in [-0.2, -0.15) is 0 Å². The van der Waals surface area contributed by atoms with Gasteiger partial charge < -0.3 is 10.4 Å². The summed E-state index contributed by atoms with van der Waals surface area (Å²) in [5, 5.41) is 22.6. The zero-order valence-corrected chi connectivity index (χ0v) is 9.77. The zero-order chi connectivity index (χ0) is 13.7. The van der Waals surface area contributed by atoms with E-state index >= 15 is 0 Å². The number of hydrogen-bond donors (Lipinski definition) is 2. The van der Waals surface area contributed by atoms with Crippen LogP contribution < -0.4 is 5.32 Å². The van der Waals surface area contributed by atoms with Crippen molar-refractivity contribution in [2.75, 3.05) is 11.9 Å². The fourth-order valence-corrected chi connectivity index (χ4v) is 1.47. The van der Waals surface area contributed by atoms with Crippen LogP contribution in [0, 0.1) is 29.4 Å². The van der Waals surface area contributed by atoms with Gasteiger partial charge in [0.1, 0.15) is 0 Å². The van der Waals surface area contributed by atoms with Crippen molar-refractivity contribution < 1.29 is 14.8 Å². The molecule has 0 spiro atoms. The number of nitro groups is 1. The predicted octanol–water partition coefficient (Wildman–Crippen LogP) is 2.04. The second kappa shape index (κ2) is 5.68. The van der Waals surface area contributed by atoms with Crippen LogP contribution in [0.1, 0.15) is 22.3 Å². The van der Waals surface area contributed by atoms with Crippen molar-refractivity contribution in [3.63, 3.8) is 0 Å². The first-order chi connectivity index (χ1) is 8.47. The Labute approximate surface area is 104 Å². The molecule has 0 fully saturated rings. The molecule has 2 N–H and O–H groups in total. The van der Waals surface area contributed by atoms with Crippen molar-refractivity contribution >= 4 is 17.3 Å². The van der Waals surface area contributed by atoms with Crippen molar-refractivity contribution in [3.05, 3.63) is 33.4 Å². The average Bonchev–Trinajstić information content (AvgIpc) is 2.30. The lowest BCUT2D eigenvalue weighted by Crippen LogP contribution is -2.07. The minimum atomic E-state index is -1.21. The van der Waals surface area contributed by atoms with Crippen LogP contribution in [0.25, 0.3) is 0 Å². The largest absolute Gasteiger partial charge is 0.478 e. The Morgan fingerprint density at radius 3 is 2.78 bits per heavy atom. The molecule has 0 heterocycles. The van der Waals surface area contributed by atoms with Gasteiger partial charge >= 0.3 is 5.97 Å². The van der Waals surface area contributed by atoms with Crippen molar-refractivity contribution in [2.24, 2.45) is 0 Å². The van der Waals surface area contributed by atoms with E-state index in [9.17, 15) is 14.9 Å². The van der Waals surface area contributed by atoms with E-state index in [1.807, 2.05) is 0 Å². The molecule has 0 aliphatic heterocycles. The molecular formula is C12H12N2O4. The smallest absolute Gasteiger partial charge is 0.336 e. The molecular weight excluding hydrogens is 236 g/mol. The van der Waals surface area contributed by atoms with Crippen LogP contribution in [0.15, 0.2) is 12.1 Å². The highest BCUT2D eigenvalue weighted by Crippen LogP contribution is 2.27. The van der Waals surface area contributed by atoms with Crippen molar-refractivity contribution in [3.8, 4) is 12.3 Å². The van der Waals surface area contributed by atoms with E-state index in [2.05, 4.69) is 11.2 Å². The minimum Gasteiger partial charge on any atom is -0.478 e. The van der Waals surface area contributed by atoms with Gasteiger partial charge in [-0.05, 0) is 13.0 Å². The summed E-state index contributed by atoms with van der Waals surface area (Å²) in [5.41, 5.74) is 0.451. The first-order valence-corrected chi connectivity index (χ1v) is 5.17. The highest BCUT2D eigenvalue weighted by atomic mass is 16.6. The quantitative estimate of drug-likeness (QED) is 0.360. The molecule has 0 aromatic heterocycles. The molecule has 0 saturated carbocycles. The van der Waals surface area contributed by atoms with Crippen LogP contribution in [-0.2, 0) is 0 Å². The van der Waals surface area contributed by atoms with Crippen LogP contribution >= 0.6 is 0 Å². The number of carbonyl (C=O) groups is 1. The van der Waals surface area contributed by atoms with Gasteiger partial charge in [-0.3, -0.25) is 10.1 Å². The van der Waals surface area contributed by atoms with Crippen LogP contribution in [0.2, 0.25) is 0 Å². The molecule has 1 rings (SSSR count).